The van der Waals surface area contributed by atoms with Gasteiger partial charge >= 0.3 is 12.5 Å². The molecule has 0 spiro atoms. The molecule has 1 saturated carbocycles. The fourth-order valence-electron chi connectivity index (χ4n) is 4.20. The number of hydrogen-bond acceptors (Lipinski definition) is 3. The Kier molecular flexibility index (Phi) is 7.55. The molecule has 160 valence electrons. The minimum atomic E-state index is -2.63. The van der Waals surface area contributed by atoms with Crippen LogP contribution in [-0.4, -0.2) is 31.1 Å². The van der Waals surface area contributed by atoms with Gasteiger partial charge in [-0.3, -0.25) is 4.79 Å². The second kappa shape index (κ2) is 9.51. The van der Waals surface area contributed by atoms with E-state index in [0.29, 0.717) is 36.8 Å². The molecule has 0 aromatic heterocycles. The zero-order valence-corrected chi connectivity index (χ0v) is 17.6. The molecule has 29 heavy (non-hydrogen) atoms. The van der Waals surface area contributed by atoms with Gasteiger partial charge in [0.25, 0.3) is 0 Å². The van der Waals surface area contributed by atoms with Crippen LogP contribution in [0, 0.1) is 18.7 Å². The molecular formula is C23H30F3NO2. The number of carbonyl (C=O) groups excluding carboxylic acids is 1. The third kappa shape index (κ3) is 4.85. The Morgan fingerprint density at radius 1 is 1.45 bits per heavy atom. The number of benzene rings is 1. The normalized spacial score (nSPS) is 22.1. The van der Waals surface area contributed by atoms with Crippen LogP contribution in [0.1, 0.15) is 50.7 Å². The first kappa shape index (κ1) is 23.0. The van der Waals surface area contributed by atoms with Crippen LogP contribution < -0.4 is 0 Å². The van der Waals surface area contributed by atoms with Gasteiger partial charge in [0.2, 0.25) is 0 Å². The quantitative estimate of drug-likeness (QED) is 0.312. The number of ether oxygens (including phenoxy) is 1. The molecule has 0 radical (unpaired) electrons. The van der Waals surface area contributed by atoms with Gasteiger partial charge in [0.1, 0.15) is 5.82 Å². The second-order valence-electron chi connectivity index (χ2n) is 7.85. The van der Waals surface area contributed by atoms with Crippen molar-refractivity contribution < 1.29 is 22.7 Å². The Labute approximate surface area is 171 Å². The minimum absolute atomic E-state index is 0.0760. The lowest BCUT2D eigenvalue weighted by atomic mass is 9.75. The molecule has 0 saturated heterocycles. The number of esters is 1. The number of alkyl halides is 2. The highest BCUT2D eigenvalue weighted by molar-refractivity contribution is 5.84. The summed E-state index contributed by atoms with van der Waals surface area (Å²) in [4.78, 5) is 13.8. The molecule has 2 atom stereocenters. The van der Waals surface area contributed by atoms with E-state index in [1.807, 2.05) is 6.92 Å². The molecule has 0 bridgehead atoms. The number of methoxy groups -OCH3 is 1. The van der Waals surface area contributed by atoms with Crippen LogP contribution >= 0.6 is 0 Å². The highest BCUT2D eigenvalue weighted by Crippen LogP contribution is 2.48. The molecule has 0 aliphatic heterocycles. The first-order valence-electron chi connectivity index (χ1n) is 9.89. The van der Waals surface area contributed by atoms with Crippen molar-refractivity contribution in [1.29, 1.82) is 0 Å². The van der Waals surface area contributed by atoms with Crippen LogP contribution in [0.2, 0.25) is 0 Å². The van der Waals surface area contributed by atoms with Gasteiger partial charge in [-0.25, -0.2) is 4.39 Å². The molecule has 1 fully saturated rings. The molecule has 2 unspecified atom stereocenters. The number of carbonyl (C=O) groups is 1. The second-order valence-corrected chi connectivity index (χ2v) is 7.85. The van der Waals surface area contributed by atoms with Crippen LogP contribution in [0.15, 0.2) is 42.1 Å². The summed E-state index contributed by atoms with van der Waals surface area (Å²) in [6.07, 6.45) is 3.62. The summed E-state index contributed by atoms with van der Waals surface area (Å²) >= 11 is 0. The van der Waals surface area contributed by atoms with Crippen molar-refractivity contribution in [2.75, 3.05) is 13.7 Å². The lowest BCUT2D eigenvalue weighted by molar-refractivity contribution is -0.147. The predicted molar refractivity (Wildman–Crippen MR) is 108 cm³/mol. The Morgan fingerprint density at radius 3 is 2.72 bits per heavy atom. The number of nitrogens with zero attached hydrogens (tertiary/aromatic N) is 1. The van der Waals surface area contributed by atoms with Crippen LogP contribution in [0.3, 0.4) is 0 Å². The van der Waals surface area contributed by atoms with E-state index < -0.39 is 17.9 Å². The maximum absolute atomic E-state index is 14.2. The largest absolute Gasteiger partial charge is 0.468 e. The third-order valence-corrected chi connectivity index (χ3v) is 6.04. The standard InChI is InChI=1S/C23H30F3NO2/c1-6-15(2)13-27(22(25)26)14-16(3)18-10-11-23(12-18,21(28)29-5)19-8-7-9-20(24)17(19)4/h7-9,14,18,22H,2,6,10-13H2,1,3-5H3. The van der Waals surface area contributed by atoms with E-state index in [0.717, 1.165) is 16.0 Å². The topological polar surface area (TPSA) is 29.5 Å². The van der Waals surface area contributed by atoms with E-state index in [-0.39, 0.29) is 18.3 Å². The summed E-state index contributed by atoms with van der Waals surface area (Å²) in [6, 6.07) is 4.71. The number of rotatable bonds is 8. The number of halogens is 3. The van der Waals surface area contributed by atoms with Crippen molar-refractivity contribution >= 4 is 5.97 Å². The summed E-state index contributed by atoms with van der Waals surface area (Å²) < 4.78 is 46.2. The van der Waals surface area contributed by atoms with Crippen LogP contribution in [0.5, 0.6) is 0 Å². The van der Waals surface area contributed by atoms with Gasteiger partial charge in [-0.1, -0.05) is 36.8 Å². The molecule has 3 nitrogen and oxygen atoms in total. The molecule has 6 heteroatoms. The maximum atomic E-state index is 14.2. The van der Waals surface area contributed by atoms with Crippen LogP contribution in [-0.2, 0) is 14.9 Å². The Balaban J connectivity index is 2.35. The van der Waals surface area contributed by atoms with Gasteiger partial charge in [0.05, 0.1) is 12.5 Å². The Bertz CT molecular complexity index is 790. The van der Waals surface area contributed by atoms with E-state index in [4.69, 9.17) is 4.74 Å². The third-order valence-electron chi connectivity index (χ3n) is 6.04. The molecule has 1 aliphatic carbocycles. The Morgan fingerprint density at radius 2 is 2.14 bits per heavy atom. The number of hydrogen-bond donors (Lipinski definition) is 0. The van der Waals surface area contributed by atoms with Crippen molar-refractivity contribution in [3.05, 3.63) is 59.1 Å². The summed E-state index contributed by atoms with van der Waals surface area (Å²) in [5.41, 5.74) is 1.57. The fraction of sp³-hybridized carbons (Fsp3) is 0.522. The van der Waals surface area contributed by atoms with E-state index >= 15 is 0 Å². The van der Waals surface area contributed by atoms with E-state index in [9.17, 15) is 18.0 Å². The summed E-state index contributed by atoms with van der Waals surface area (Å²) in [5.74, 6) is -0.858. The fourth-order valence-corrected chi connectivity index (χ4v) is 4.20. The molecule has 1 aliphatic rings. The van der Waals surface area contributed by atoms with Gasteiger partial charge in [-0.2, -0.15) is 8.78 Å². The molecule has 0 heterocycles. The molecular weight excluding hydrogens is 379 g/mol. The minimum Gasteiger partial charge on any atom is -0.468 e. The molecule has 2 rings (SSSR count). The first-order valence-corrected chi connectivity index (χ1v) is 9.89. The van der Waals surface area contributed by atoms with Crippen molar-refractivity contribution in [1.82, 2.24) is 4.90 Å². The van der Waals surface area contributed by atoms with Gasteiger partial charge in [-0.05, 0) is 62.6 Å². The maximum Gasteiger partial charge on any atom is 0.316 e. The van der Waals surface area contributed by atoms with Gasteiger partial charge < -0.3 is 9.64 Å². The van der Waals surface area contributed by atoms with E-state index in [1.54, 1.807) is 26.0 Å². The highest BCUT2D eigenvalue weighted by atomic mass is 19.3. The molecule has 0 N–H and O–H groups in total. The monoisotopic (exact) mass is 409 g/mol. The summed E-state index contributed by atoms with van der Waals surface area (Å²) in [6.45, 7) is 6.61. The highest BCUT2D eigenvalue weighted by Gasteiger charge is 2.49. The lowest BCUT2D eigenvalue weighted by Crippen LogP contribution is -2.35. The van der Waals surface area contributed by atoms with Crippen molar-refractivity contribution in [3.63, 3.8) is 0 Å². The predicted octanol–water partition coefficient (Wildman–Crippen LogP) is 5.74. The smallest absolute Gasteiger partial charge is 0.316 e. The molecule has 1 aromatic carbocycles. The van der Waals surface area contributed by atoms with E-state index in [2.05, 4.69) is 6.58 Å². The lowest BCUT2D eigenvalue weighted by Gasteiger charge is -2.29. The van der Waals surface area contributed by atoms with Gasteiger partial charge in [0, 0.05) is 12.7 Å². The van der Waals surface area contributed by atoms with E-state index in [1.165, 1.54) is 19.4 Å². The van der Waals surface area contributed by atoms with Gasteiger partial charge in [-0.15, -0.1) is 0 Å². The average molecular weight is 409 g/mol. The van der Waals surface area contributed by atoms with Crippen molar-refractivity contribution in [2.24, 2.45) is 5.92 Å². The zero-order valence-electron chi connectivity index (χ0n) is 17.6. The van der Waals surface area contributed by atoms with Crippen LogP contribution in [0.4, 0.5) is 13.2 Å². The zero-order chi connectivity index (χ0) is 21.8. The van der Waals surface area contributed by atoms with Crippen LogP contribution in [0.25, 0.3) is 0 Å². The molecule has 1 aromatic rings. The Hall–Kier alpha value is -2.24. The first-order chi connectivity index (χ1) is 13.7. The number of allylic oxidation sites excluding steroid dienone is 1. The van der Waals surface area contributed by atoms with Crippen molar-refractivity contribution in [3.8, 4) is 0 Å². The summed E-state index contributed by atoms with van der Waals surface area (Å²) in [5, 5.41) is 0. The SMILES string of the molecule is C=C(CC)CN(C=C(C)C1CCC(C(=O)OC)(c2cccc(F)c2C)C1)C(F)F. The molecule has 0 amide bonds. The summed E-state index contributed by atoms with van der Waals surface area (Å²) in [7, 11) is 1.32. The van der Waals surface area contributed by atoms with Gasteiger partial charge in [0.15, 0.2) is 0 Å². The average Bonchev–Trinajstić information content (AvgIpc) is 3.15. The van der Waals surface area contributed by atoms with Crippen molar-refractivity contribution in [2.45, 2.75) is 58.4 Å².